The molecule has 6 nitrogen and oxygen atoms in total. The number of nitrogens with zero attached hydrogens (tertiary/aromatic N) is 3. The highest BCUT2D eigenvalue weighted by Gasteiger charge is 2.47. The van der Waals surface area contributed by atoms with Gasteiger partial charge in [-0.05, 0) is 49.4 Å². The highest BCUT2D eigenvalue weighted by molar-refractivity contribution is 5.97. The average molecular weight is 339 g/mol. The van der Waals surface area contributed by atoms with Crippen LogP contribution in [0.25, 0.3) is 5.69 Å². The standard InChI is InChI=1S/C19H21N3O3/c23-18(14-6-3-7-15(11-14)21-10-4-9-20-21)22-16-8-2-1-5-13(16)12-17(22)19(24)25/h3-4,6-7,9-11,13,16-17H,1-2,5,8,12H2,(H,24,25)/t13-,16-,17-/m0/s1. The number of hydrogen-bond acceptors (Lipinski definition) is 3. The van der Waals surface area contributed by atoms with E-state index in [4.69, 9.17) is 0 Å². The van der Waals surface area contributed by atoms with Crippen molar-refractivity contribution in [1.29, 1.82) is 0 Å². The van der Waals surface area contributed by atoms with Gasteiger partial charge < -0.3 is 10.0 Å². The first-order valence-corrected chi connectivity index (χ1v) is 8.80. The lowest BCUT2D eigenvalue weighted by molar-refractivity contribution is -0.141. The van der Waals surface area contributed by atoms with E-state index in [9.17, 15) is 14.7 Å². The first-order chi connectivity index (χ1) is 12.1. The number of carboxylic acid groups (broad SMARTS) is 1. The Morgan fingerprint density at radius 2 is 2.00 bits per heavy atom. The predicted molar refractivity (Wildman–Crippen MR) is 91.5 cm³/mol. The van der Waals surface area contributed by atoms with Gasteiger partial charge >= 0.3 is 5.97 Å². The molecule has 0 radical (unpaired) electrons. The van der Waals surface area contributed by atoms with E-state index in [-0.39, 0.29) is 11.9 Å². The Labute approximate surface area is 146 Å². The zero-order valence-electron chi connectivity index (χ0n) is 13.9. The fraction of sp³-hybridized carbons (Fsp3) is 0.421. The molecule has 25 heavy (non-hydrogen) atoms. The summed E-state index contributed by atoms with van der Waals surface area (Å²) in [4.78, 5) is 26.5. The second-order valence-corrected chi connectivity index (χ2v) is 6.92. The van der Waals surface area contributed by atoms with E-state index in [0.29, 0.717) is 17.9 Å². The lowest BCUT2D eigenvalue weighted by Crippen LogP contribution is -2.46. The van der Waals surface area contributed by atoms with Crippen molar-refractivity contribution in [2.24, 2.45) is 5.92 Å². The van der Waals surface area contributed by atoms with Gasteiger partial charge in [0.15, 0.2) is 0 Å². The zero-order valence-corrected chi connectivity index (χ0v) is 13.9. The molecule has 1 saturated carbocycles. The lowest BCUT2D eigenvalue weighted by Gasteiger charge is -2.33. The lowest BCUT2D eigenvalue weighted by atomic mass is 9.84. The Morgan fingerprint density at radius 3 is 2.76 bits per heavy atom. The molecule has 1 amide bonds. The maximum atomic E-state index is 13.2. The van der Waals surface area contributed by atoms with Gasteiger partial charge in [-0.25, -0.2) is 9.48 Å². The van der Waals surface area contributed by atoms with Crippen LogP contribution < -0.4 is 0 Å². The number of carbonyl (C=O) groups excluding carboxylic acids is 1. The maximum absolute atomic E-state index is 13.2. The maximum Gasteiger partial charge on any atom is 0.326 e. The van der Waals surface area contributed by atoms with Gasteiger partial charge in [0.2, 0.25) is 0 Å². The average Bonchev–Trinajstić information content (AvgIpc) is 3.29. The molecular weight excluding hydrogens is 318 g/mol. The summed E-state index contributed by atoms with van der Waals surface area (Å²) in [6.07, 6.45) is 8.18. The van der Waals surface area contributed by atoms with Crippen LogP contribution in [-0.2, 0) is 4.79 Å². The minimum atomic E-state index is -0.897. The summed E-state index contributed by atoms with van der Waals surface area (Å²) in [6, 6.07) is 8.39. The highest BCUT2D eigenvalue weighted by Crippen LogP contribution is 2.40. The largest absolute Gasteiger partial charge is 0.480 e. The van der Waals surface area contributed by atoms with Crippen LogP contribution in [0.1, 0.15) is 42.5 Å². The minimum Gasteiger partial charge on any atom is -0.480 e. The molecule has 1 aliphatic carbocycles. The van der Waals surface area contributed by atoms with Crippen molar-refractivity contribution in [2.75, 3.05) is 0 Å². The van der Waals surface area contributed by atoms with Gasteiger partial charge in [0.25, 0.3) is 5.91 Å². The number of fused-ring (bicyclic) bond motifs is 1. The Kier molecular flexibility index (Phi) is 4.03. The summed E-state index contributed by atoms with van der Waals surface area (Å²) >= 11 is 0. The van der Waals surface area contributed by atoms with Gasteiger partial charge in [-0.2, -0.15) is 5.10 Å². The molecule has 2 aromatic rings. The van der Waals surface area contributed by atoms with E-state index in [1.165, 1.54) is 0 Å². The molecule has 0 spiro atoms. The number of aromatic nitrogens is 2. The number of likely N-dealkylation sites (tertiary alicyclic amines) is 1. The normalized spacial score (nSPS) is 25.6. The molecule has 1 N–H and O–H groups in total. The zero-order chi connectivity index (χ0) is 17.4. The van der Waals surface area contributed by atoms with Crippen LogP contribution in [0.15, 0.2) is 42.7 Å². The van der Waals surface area contributed by atoms with Crippen LogP contribution in [0.4, 0.5) is 0 Å². The van der Waals surface area contributed by atoms with E-state index < -0.39 is 12.0 Å². The van der Waals surface area contributed by atoms with E-state index in [1.807, 2.05) is 24.4 Å². The van der Waals surface area contributed by atoms with Crippen molar-refractivity contribution in [2.45, 2.75) is 44.2 Å². The Morgan fingerprint density at radius 1 is 1.16 bits per heavy atom. The van der Waals surface area contributed by atoms with Crippen LogP contribution >= 0.6 is 0 Å². The fourth-order valence-electron chi connectivity index (χ4n) is 4.32. The summed E-state index contributed by atoms with van der Waals surface area (Å²) in [6.45, 7) is 0. The summed E-state index contributed by atoms with van der Waals surface area (Å²) in [7, 11) is 0. The second-order valence-electron chi connectivity index (χ2n) is 6.92. The number of amides is 1. The van der Waals surface area contributed by atoms with Crippen molar-refractivity contribution in [1.82, 2.24) is 14.7 Å². The molecule has 2 fully saturated rings. The first-order valence-electron chi connectivity index (χ1n) is 8.80. The van der Waals surface area contributed by atoms with E-state index in [2.05, 4.69) is 5.10 Å². The van der Waals surface area contributed by atoms with Crippen molar-refractivity contribution in [3.05, 3.63) is 48.3 Å². The molecule has 1 aromatic carbocycles. The number of rotatable bonds is 3. The van der Waals surface area contributed by atoms with Crippen LogP contribution in [0, 0.1) is 5.92 Å². The summed E-state index contributed by atoms with van der Waals surface area (Å²) < 4.78 is 1.69. The smallest absolute Gasteiger partial charge is 0.326 e. The first kappa shape index (κ1) is 15.9. The summed E-state index contributed by atoms with van der Waals surface area (Å²) in [5.74, 6) is -0.769. The summed E-state index contributed by atoms with van der Waals surface area (Å²) in [5, 5.41) is 13.8. The number of carbonyl (C=O) groups is 2. The van der Waals surface area contributed by atoms with Gasteiger partial charge in [0, 0.05) is 24.0 Å². The number of carboxylic acids is 1. The van der Waals surface area contributed by atoms with Crippen LogP contribution in [0.5, 0.6) is 0 Å². The van der Waals surface area contributed by atoms with Gasteiger partial charge in [-0.3, -0.25) is 4.79 Å². The third-order valence-corrected chi connectivity index (χ3v) is 5.47. The minimum absolute atomic E-state index is 0.0516. The molecule has 6 heteroatoms. The third kappa shape index (κ3) is 2.81. The molecule has 1 aromatic heterocycles. The van der Waals surface area contributed by atoms with Gasteiger partial charge in [-0.1, -0.05) is 18.9 Å². The Balaban J connectivity index is 1.67. The molecule has 1 saturated heterocycles. The second kappa shape index (κ2) is 6.35. The number of hydrogen-bond donors (Lipinski definition) is 1. The third-order valence-electron chi connectivity index (χ3n) is 5.47. The highest BCUT2D eigenvalue weighted by atomic mass is 16.4. The number of benzene rings is 1. The molecule has 4 rings (SSSR count). The molecule has 130 valence electrons. The van der Waals surface area contributed by atoms with Crippen molar-refractivity contribution in [3.8, 4) is 5.69 Å². The topological polar surface area (TPSA) is 75.4 Å². The van der Waals surface area contributed by atoms with E-state index in [1.54, 1.807) is 27.9 Å². The molecule has 3 atom stereocenters. The molecular formula is C19H21N3O3. The van der Waals surface area contributed by atoms with Crippen LogP contribution in [0.2, 0.25) is 0 Å². The summed E-state index contributed by atoms with van der Waals surface area (Å²) in [5.41, 5.74) is 1.31. The Hall–Kier alpha value is -2.63. The molecule has 1 aliphatic heterocycles. The molecule has 2 aliphatic rings. The fourth-order valence-corrected chi connectivity index (χ4v) is 4.32. The predicted octanol–water partition coefficient (Wildman–Crippen LogP) is 2.73. The SMILES string of the molecule is O=C(O)[C@@H]1C[C@@H]2CCCC[C@@H]2N1C(=O)c1cccc(-n2cccn2)c1. The molecule has 0 unspecified atom stereocenters. The monoisotopic (exact) mass is 339 g/mol. The van der Waals surface area contributed by atoms with Crippen LogP contribution in [0.3, 0.4) is 0 Å². The van der Waals surface area contributed by atoms with Crippen molar-refractivity contribution < 1.29 is 14.7 Å². The Bertz CT molecular complexity index is 787. The molecule has 2 heterocycles. The molecule has 0 bridgehead atoms. The van der Waals surface area contributed by atoms with Crippen molar-refractivity contribution >= 4 is 11.9 Å². The van der Waals surface area contributed by atoms with Crippen molar-refractivity contribution in [3.63, 3.8) is 0 Å². The van der Waals surface area contributed by atoms with Crippen LogP contribution in [-0.4, -0.2) is 43.7 Å². The number of aliphatic carboxylic acids is 1. The van der Waals surface area contributed by atoms with E-state index in [0.717, 1.165) is 31.4 Å². The van der Waals surface area contributed by atoms with Gasteiger partial charge in [0.1, 0.15) is 6.04 Å². The quantitative estimate of drug-likeness (QED) is 0.933. The van der Waals surface area contributed by atoms with Gasteiger partial charge in [0.05, 0.1) is 5.69 Å². The van der Waals surface area contributed by atoms with Gasteiger partial charge in [-0.15, -0.1) is 0 Å². The van der Waals surface area contributed by atoms with E-state index >= 15 is 0 Å².